The summed E-state index contributed by atoms with van der Waals surface area (Å²) in [5.74, 6) is 0.435. The Labute approximate surface area is 171 Å². The monoisotopic (exact) mass is 405 g/mol. The molecule has 2 aromatic carbocycles. The Kier molecular flexibility index (Phi) is 5.88. The highest BCUT2D eigenvalue weighted by Gasteiger charge is 2.07. The van der Waals surface area contributed by atoms with Crippen molar-refractivity contribution < 1.29 is 9.84 Å². The molecule has 1 N–H and O–H groups in total. The number of hydrogen-bond donors (Lipinski definition) is 1. The number of aliphatic hydroxyl groups is 1. The van der Waals surface area contributed by atoms with Crippen LogP contribution in [0, 0.1) is 0 Å². The number of aromatic nitrogens is 3. The highest BCUT2D eigenvalue weighted by Crippen LogP contribution is 2.29. The van der Waals surface area contributed by atoms with Crippen LogP contribution in [-0.4, -0.2) is 33.1 Å². The van der Waals surface area contributed by atoms with Crippen molar-refractivity contribution >= 4 is 22.5 Å². The first-order chi connectivity index (χ1) is 14.2. The van der Waals surface area contributed by atoms with E-state index < -0.39 is 0 Å². The molecule has 4 aromatic rings. The van der Waals surface area contributed by atoms with Crippen molar-refractivity contribution in [2.45, 2.75) is 16.3 Å². The predicted octanol–water partition coefficient (Wildman–Crippen LogP) is 3.36. The summed E-state index contributed by atoms with van der Waals surface area (Å²) in [5.41, 5.74) is 0.700. The molecule has 0 saturated heterocycles. The smallest absolute Gasteiger partial charge is 0.274 e. The first kappa shape index (κ1) is 19.2. The van der Waals surface area contributed by atoms with Crippen molar-refractivity contribution in [3.8, 4) is 5.88 Å². The molecule has 0 unspecified atom stereocenters. The molecule has 6 nitrogen and oxygen atoms in total. The van der Waals surface area contributed by atoms with Gasteiger partial charge in [0, 0.05) is 27.4 Å². The Bertz CT molecular complexity index is 1160. The molecule has 2 aromatic heterocycles. The Morgan fingerprint density at radius 2 is 1.86 bits per heavy atom. The van der Waals surface area contributed by atoms with Gasteiger partial charge in [0.05, 0.1) is 24.7 Å². The highest BCUT2D eigenvalue weighted by atomic mass is 32.2. The van der Waals surface area contributed by atoms with E-state index in [1.54, 1.807) is 30.2 Å². The Hall–Kier alpha value is -3.16. The maximum absolute atomic E-state index is 12.8. The molecule has 0 saturated carbocycles. The lowest BCUT2D eigenvalue weighted by atomic mass is 10.2. The van der Waals surface area contributed by atoms with Gasteiger partial charge in [-0.25, -0.2) is 9.67 Å². The van der Waals surface area contributed by atoms with E-state index in [1.807, 2.05) is 42.5 Å². The van der Waals surface area contributed by atoms with Crippen molar-refractivity contribution in [1.29, 1.82) is 0 Å². The molecule has 0 bridgehead atoms. The minimum Gasteiger partial charge on any atom is -0.475 e. The molecule has 0 aliphatic rings. The van der Waals surface area contributed by atoms with E-state index in [0.29, 0.717) is 17.8 Å². The number of pyridine rings is 1. The molecule has 0 spiro atoms. The van der Waals surface area contributed by atoms with Crippen molar-refractivity contribution in [1.82, 2.24) is 14.8 Å². The van der Waals surface area contributed by atoms with Gasteiger partial charge in [-0.2, -0.15) is 5.10 Å². The van der Waals surface area contributed by atoms with E-state index in [9.17, 15) is 4.79 Å². The van der Waals surface area contributed by atoms with Gasteiger partial charge in [0.15, 0.2) is 0 Å². The minimum absolute atomic E-state index is 0.0641. The summed E-state index contributed by atoms with van der Waals surface area (Å²) in [6.45, 7) is 0.455. The average molecular weight is 405 g/mol. The van der Waals surface area contributed by atoms with E-state index in [0.717, 1.165) is 20.7 Å². The van der Waals surface area contributed by atoms with Gasteiger partial charge < -0.3 is 9.84 Å². The molecule has 0 fully saturated rings. The third-order valence-electron chi connectivity index (χ3n) is 4.27. The second kappa shape index (κ2) is 8.89. The Morgan fingerprint density at radius 3 is 2.62 bits per heavy atom. The lowest BCUT2D eigenvalue weighted by Gasteiger charge is -2.08. The van der Waals surface area contributed by atoms with E-state index in [-0.39, 0.29) is 18.8 Å². The lowest BCUT2D eigenvalue weighted by Crippen LogP contribution is -2.23. The maximum Gasteiger partial charge on any atom is 0.274 e. The number of benzene rings is 2. The van der Waals surface area contributed by atoms with E-state index in [4.69, 9.17) is 9.84 Å². The van der Waals surface area contributed by atoms with Crippen LogP contribution in [0.2, 0.25) is 0 Å². The number of aliphatic hydroxyl groups excluding tert-OH is 1. The van der Waals surface area contributed by atoms with Gasteiger partial charge in [0.1, 0.15) is 6.61 Å². The molecule has 7 heteroatoms. The number of hydrogen-bond acceptors (Lipinski definition) is 6. The van der Waals surface area contributed by atoms with Crippen LogP contribution in [0.4, 0.5) is 0 Å². The van der Waals surface area contributed by atoms with Crippen LogP contribution in [0.1, 0.15) is 5.56 Å². The van der Waals surface area contributed by atoms with Gasteiger partial charge in [-0.3, -0.25) is 4.79 Å². The third-order valence-corrected chi connectivity index (χ3v) is 5.27. The number of ether oxygens (including phenoxy) is 1. The molecule has 0 atom stereocenters. The maximum atomic E-state index is 12.8. The highest BCUT2D eigenvalue weighted by molar-refractivity contribution is 7.99. The molecule has 0 amide bonds. The van der Waals surface area contributed by atoms with Crippen molar-refractivity contribution in [2.75, 3.05) is 13.2 Å². The standard InChI is InChI=1S/C22H19N3O3S/c26-10-11-28-21-9-6-16(13-23-21)15-25-22(27)20-8-7-19(12-17(20)14-24-25)29-18-4-2-1-3-5-18/h1-9,12-14,26H,10-11,15H2. The Morgan fingerprint density at radius 1 is 1.00 bits per heavy atom. The van der Waals surface area contributed by atoms with E-state index >= 15 is 0 Å². The molecular formula is C22H19N3O3S. The summed E-state index contributed by atoms with van der Waals surface area (Å²) in [6.07, 6.45) is 3.36. The SMILES string of the molecule is O=c1c2ccc(Sc3ccccc3)cc2cnn1Cc1ccc(OCCO)nc1. The zero-order chi connectivity index (χ0) is 20.1. The zero-order valence-electron chi connectivity index (χ0n) is 15.6. The van der Waals surface area contributed by atoms with Crippen LogP contribution in [-0.2, 0) is 6.54 Å². The van der Waals surface area contributed by atoms with Crippen LogP contribution in [0.5, 0.6) is 5.88 Å². The van der Waals surface area contributed by atoms with Crippen molar-refractivity contribution in [3.63, 3.8) is 0 Å². The molecule has 29 heavy (non-hydrogen) atoms. The van der Waals surface area contributed by atoms with Gasteiger partial charge in [-0.05, 0) is 35.9 Å². The quantitative estimate of drug-likeness (QED) is 0.508. The van der Waals surface area contributed by atoms with Crippen LogP contribution < -0.4 is 10.3 Å². The fraction of sp³-hybridized carbons (Fsp3) is 0.136. The largest absolute Gasteiger partial charge is 0.475 e. The molecule has 0 aliphatic carbocycles. The second-order valence-corrected chi connectivity index (χ2v) is 7.50. The molecule has 2 heterocycles. The van der Waals surface area contributed by atoms with Crippen LogP contribution in [0.3, 0.4) is 0 Å². The number of rotatable bonds is 7. The molecule has 146 valence electrons. The summed E-state index contributed by atoms with van der Waals surface area (Å²) in [5, 5.41) is 14.6. The third kappa shape index (κ3) is 4.64. The Balaban J connectivity index is 1.54. The topological polar surface area (TPSA) is 77.2 Å². The van der Waals surface area contributed by atoms with Crippen LogP contribution in [0.15, 0.2) is 87.6 Å². The van der Waals surface area contributed by atoms with Crippen LogP contribution >= 0.6 is 11.8 Å². The fourth-order valence-corrected chi connectivity index (χ4v) is 3.77. The van der Waals surface area contributed by atoms with E-state index in [2.05, 4.69) is 22.2 Å². The molecule has 0 radical (unpaired) electrons. The summed E-state index contributed by atoms with van der Waals surface area (Å²) in [4.78, 5) is 19.2. The number of fused-ring (bicyclic) bond motifs is 1. The minimum atomic E-state index is -0.139. The van der Waals surface area contributed by atoms with Gasteiger partial charge in [0.25, 0.3) is 5.56 Å². The van der Waals surface area contributed by atoms with Gasteiger partial charge in [-0.1, -0.05) is 36.0 Å². The first-order valence-electron chi connectivity index (χ1n) is 9.14. The lowest BCUT2D eigenvalue weighted by molar-refractivity contribution is 0.196. The van der Waals surface area contributed by atoms with Gasteiger partial charge >= 0.3 is 0 Å². The summed E-state index contributed by atoms with van der Waals surface area (Å²) in [7, 11) is 0. The molecular weight excluding hydrogens is 386 g/mol. The zero-order valence-corrected chi connectivity index (χ0v) is 16.4. The normalized spacial score (nSPS) is 10.9. The summed E-state index contributed by atoms with van der Waals surface area (Å²) in [6, 6.07) is 19.4. The van der Waals surface area contributed by atoms with Gasteiger partial charge in [-0.15, -0.1) is 0 Å². The summed E-state index contributed by atoms with van der Waals surface area (Å²) >= 11 is 1.65. The van der Waals surface area contributed by atoms with E-state index in [1.165, 1.54) is 4.68 Å². The summed E-state index contributed by atoms with van der Waals surface area (Å²) < 4.78 is 6.68. The fourth-order valence-electron chi connectivity index (χ4n) is 2.88. The average Bonchev–Trinajstić information content (AvgIpc) is 2.76. The van der Waals surface area contributed by atoms with Gasteiger partial charge in [0.2, 0.25) is 5.88 Å². The van der Waals surface area contributed by atoms with Crippen LogP contribution in [0.25, 0.3) is 10.8 Å². The second-order valence-electron chi connectivity index (χ2n) is 6.35. The number of nitrogens with zero attached hydrogens (tertiary/aromatic N) is 3. The molecule has 4 rings (SSSR count). The molecule has 0 aliphatic heterocycles. The van der Waals surface area contributed by atoms with Crippen molar-refractivity contribution in [2.24, 2.45) is 0 Å². The van der Waals surface area contributed by atoms with Crippen molar-refractivity contribution in [3.05, 3.63) is 89.0 Å². The first-order valence-corrected chi connectivity index (χ1v) is 9.96. The predicted molar refractivity (Wildman–Crippen MR) is 112 cm³/mol.